The second-order valence-electron chi connectivity index (χ2n) is 12.8. The molecule has 0 N–H and O–H groups in total. The molecule has 14 heteroatoms. The van der Waals surface area contributed by atoms with E-state index in [4.69, 9.17) is 14.2 Å². The number of fused-ring (bicyclic) bond motifs is 2. The summed E-state index contributed by atoms with van der Waals surface area (Å²) in [6.07, 6.45) is -5.91. The van der Waals surface area contributed by atoms with Gasteiger partial charge in [-0.15, -0.1) is 16.4 Å². The lowest BCUT2D eigenvalue weighted by molar-refractivity contribution is -0.186. The van der Waals surface area contributed by atoms with E-state index >= 15 is 0 Å². The molecule has 0 bridgehead atoms. The normalized spacial score (nSPS) is 12.7. The zero-order valence-electron chi connectivity index (χ0n) is 26.4. The second kappa shape index (κ2) is 12.5. The predicted octanol–water partition coefficient (Wildman–Crippen LogP) is 6.37. The lowest BCUT2D eigenvalue weighted by Crippen LogP contribution is -2.49. The summed E-state index contributed by atoms with van der Waals surface area (Å²) >= 11 is 1.14. The Bertz CT molecular complexity index is 1840. The Kier molecular flexibility index (Phi) is 9.36. The van der Waals surface area contributed by atoms with Gasteiger partial charge in [0, 0.05) is 17.7 Å². The third-order valence-corrected chi connectivity index (χ3v) is 7.98. The van der Waals surface area contributed by atoms with E-state index in [-0.39, 0.29) is 15.8 Å². The first-order valence-electron chi connectivity index (χ1n) is 14.2. The van der Waals surface area contributed by atoms with Gasteiger partial charge in [-0.05, 0) is 95.8 Å². The molecule has 10 nitrogen and oxygen atoms in total. The van der Waals surface area contributed by atoms with Crippen LogP contribution >= 0.6 is 11.3 Å². The number of thiophene rings is 1. The van der Waals surface area contributed by atoms with Crippen molar-refractivity contribution < 1.29 is 41.8 Å². The summed E-state index contributed by atoms with van der Waals surface area (Å²) < 4.78 is 58.2. The van der Waals surface area contributed by atoms with Gasteiger partial charge in [0.15, 0.2) is 11.2 Å². The van der Waals surface area contributed by atoms with Gasteiger partial charge in [-0.1, -0.05) is 5.21 Å². The van der Waals surface area contributed by atoms with Gasteiger partial charge in [0.1, 0.15) is 22.5 Å². The summed E-state index contributed by atoms with van der Waals surface area (Å²) in [6.45, 7) is 9.04. The van der Waals surface area contributed by atoms with Gasteiger partial charge in [0.25, 0.3) is 5.56 Å². The van der Waals surface area contributed by atoms with E-state index in [0.717, 1.165) is 38.2 Å². The molecule has 0 aliphatic rings. The summed E-state index contributed by atoms with van der Waals surface area (Å²) in [5, 5.41) is 8.07. The van der Waals surface area contributed by atoms with Crippen molar-refractivity contribution in [3.8, 4) is 5.75 Å². The Morgan fingerprint density at radius 3 is 2.09 bits per heavy atom. The number of carbonyl (C=O) groups is 3. The highest BCUT2D eigenvalue weighted by atomic mass is 32.1. The third kappa shape index (κ3) is 7.72. The molecular formula is C32H34F3N3O7S. The van der Waals surface area contributed by atoms with Crippen LogP contribution in [0.3, 0.4) is 0 Å². The number of hydrogen-bond donors (Lipinski definition) is 0. The number of ketones is 1. The fourth-order valence-corrected chi connectivity index (χ4v) is 5.63. The number of rotatable bonds is 9. The van der Waals surface area contributed by atoms with Crippen LogP contribution in [0.1, 0.15) is 69.6 Å². The molecule has 2 heterocycles. The van der Waals surface area contributed by atoms with E-state index < -0.39 is 71.0 Å². The van der Waals surface area contributed by atoms with Crippen LogP contribution in [0.4, 0.5) is 13.2 Å². The molecule has 0 spiro atoms. The van der Waals surface area contributed by atoms with Crippen LogP contribution in [-0.4, -0.2) is 51.0 Å². The van der Waals surface area contributed by atoms with Crippen molar-refractivity contribution in [2.75, 3.05) is 7.11 Å². The fourth-order valence-electron chi connectivity index (χ4n) is 4.60. The Balaban J connectivity index is 1.81. The van der Waals surface area contributed by atoms with Crippen LogP contribution in [0.5, 0.6) is 5.75 Å². The number of methoxy groups -OCH3 is 1. The summed E-state index contributed by atoms with van der Waals surface area (Å²) in [7, 11) is 1.51. The van der Waals surface area contributed by atoms with Crippen molar-refractivity contribution >= 4 is 50.0 Å². The Labute approximate surface area is 266 Å². The van der Waals surface area contributed by atoms with E-state index in [2.05, 4.69) is 10.3 Å². The first-order chi connectivity index (χ1) is 21.2. The van der Waals surface area contributed by atoms with Gasteiger partial charge >= 0.3 is 18.1 Å². The van der Waals surface area contributed by atoms with Crippen molar-refractivity contribution in [2.24, 2.45) is 5.41 Å². The molecule has 0 aliphatic carbocycles. The summed E-state index contributed by atoms with van der Waals surface area (Å²) in [5.41, 5.74) is -6.50. The number of benzene rings is 2. The number of ether oxygens (including phenoxy) is 3. The summed E-state index contributed by atoms with van der Waals surface area (Å²) in [6, 6.07) is 9.36. The lowest BCUT2D eigenvalue weighted by Gasteiger charge is -2.34. The van der Waals surface area contributed by atoms with Gasteiger partial charge < -0.3 is 14.2 Å². The molecule has 0 aliphatic heterocycles. The highest BCUT2D eigenvalue weighted by molar-refractivity contribution is 7.20. The zero-order chi connectivity index (χ0) is 34.2. The van der Waals surface area contributed by atoms with E-state index in [0.29, 0.717) is 11.8 Å². The van der Waals surface area contributed by atoms with Gasteiger partial charge in [-0.25, -0.2) is 4.68 Å². The van der Waals surface area contributed by atoms with Gasteiger partial charge in [-0.3, -0.25) is 19.2 Å². The number of aromatic nitrogens is 3. The van der Waals surface area contributed by atoms with E-state index in [1.807, 2.05) is 0 Å². The van der Waals surface area contributed by atoms with Crippen LogP contribution in [0.25, 0.3) is 21.0 Å². The number of hydrogen-bond acceptors (Lipinski definition) is 10. The van der Waals surface area contributed by atoms with Crippen molar-refractivity contribution in [3.63, 3.8) is 0 Å². The number of nitrogens with zero attached hydrogens (tertiary/aromatic N) is 3. The minimum absolute atomic E-state index is 0.0728. The predicted molar refractivity (Wildman–Crippen MR) is 165 cm³/mol. The minimum Gasteiger partial charge on any atom is -0.497 e. The topological polar surface area (TPSA) is 127 Å². The number of aryl methyl sites for hydroxylation is 1. The number of Topliss-reactive ketones (excluding diaryl/α,β-unsaturated/α-hetero) is 1. The summed E-state index contributed by atoms with van der Waals surface area (Å²) in [5.74, 6) is -2.11. The van der Waals surface area contributed by atoms with Crippen LogP contribution < -0.4 is 10.3 Å². The Hall–Kier alpha value is -4.33. The third-order valence-electron chi connectivity index (χ3n) is 6.84. The number of alkyl halides is 3. The number of esters is 2. The SMILES string of the molecule is COc1ccc2cc(C(=O)CC(CCn3nnc4ccc(C(F)(F)F)cc4c3=O)(C(=O)OC(C)(C)C)C(=O)OC(C)(C)C)sc2c1. The molecule has 0 unspecified atom stereocenters. The molecule has 0 amide bonds. The van der Waals surface area contributed by atoms with Crippen molar-refractivity contribution in [1.82, 2.24) is 15.0 Å². The highest BCUT2D eigenvalue weighted by Crippen LogP contribution is 2.38. The first-order valence-corrected chi connectivity index (χ1v) is 15.1. The lowest BCUT2D eigenvalue weighted by atomic mass is 9.78. The van der Waals surface area contributed by atoms with Gasteiger partial charge in [-0.2, -0.15) is 13.2 Å². The van der Waals surface area contributed by atoms with E-state index in [9.17, 15) is 32.3 Å². The molecule has 46 heavy (non-hydrogen) atoms. The van der Waals surface area contributed by atoms with Gasteiger partial charge in [0.2, 0.25) is 0 Å². The summed E-state index contributed by atoms with van der Waals surface area (Å²) in [4.78, 5) is 55.4. The molecule has 0 atom stereocenters. The van der Waals surface area contributed by atoms with Crippen LogP contribution in [0.15, 0.2) is 47.3 Å². The number of carbonyl (C=O) groups excluding carboxylic acids is 3. The van der Waals surface area contributed by atoms with Crippen molar-refractivity contribution in [1.29, 1.82) is 0 Å². The monoisotopic (exact) mass is 661 g/mol. The molecule has 0 saturated heterocycles. The minimum atomic E-state index is -4.71. The van der Waals surface area contributed by atoms with Crippen LogP contribution in [0.2, 0.25) is 0 Å². The Morgan fingerprint density at radius 2 is 1.52 bits per heavy atom. The zero-order valence-corrected chi connectivity index (χ0v) is 27.2. The smallest absolute Gasteiger partial charge is 0.416 e. The maximum absolute atomic E-state index is 14.0. The molecule has 4 aromatic rings. The average molecular weight is 662 g/mol. The molecule has 0 saturated carbocycles. The molecule has 2 aromatic heterocycles. The molecular weight excluding hydrogens is 627 g/mol. The van der Waals surface area contributed by atoms with Crippen LogP contribution in [0, 0.1) is 5.41 Å². The maximum atomic E-state index is 14.0. The Morgan fingerprint density at radius 1 is 0.891 bits per heavy atom. The standard InChI is InChI=1S/C32H34F3N3O7S/c1-29(2,3)44-27(41)31(28(42)45-30(4,5)6,17-23(39)25-14-18-8-10-20(43-7)16-24(18)46-25)12-13-38-26(40)21-15-19(32(33,34)35)9-11-22(21)36-37-38/h8-11,14-16H,12-13,17H2,1-7H3. The molecule has 0 radical (unpaired) electrons. The fraction of sp³-hybridized carbons (Fsp3) is 0.438. The van der Waals surface area contributed by atoms with Gasteiger partial charge in [0.05, 0.1) is 22.9 Å². The molecule has 4 rings (SSSR count). The maximum Gasteiger partial charge on any atom is 0.416 e. The van der Waals surface area contributed by atoms with Crippen LogP contribution in [-0.2, 0) is 31.8 Å². The largest absolute Gasteiger partial charge is 0.497 e. The molecule has 0 fully saturated rings. The van der Waals surface area contributed by atoms with Crippen molar-refractivity contribution in [2.45, 2.75) is 78.3 Å². The number of halogens is 3. The molecule has 246 valence electrons. The first kappa shape index (κ1) is 34.5. The second-order valence-corrected chi connectivity index (χ2v) is 13.9. The van der Waals surface area contributed by atoms with E-state index in [1.165, 1.54) is 7.11 Å². The van der Waals surface area contributed by atoms with E-state index in [1.54, 1.807) is 65.8 Å². The highest BCUT2D eigenvalue weighted by Gasteiger charge is 2.52. The quantitative estimate of drug-likeness (QED) is 0.114. The average Bonchev–Trinajstić information content (AvgIpc) is 3.37. The van der Waals surface area contributed by atoms with Crippen molar-refractivity contribution in [3.05, 3.63) is 63.3 Å². The molecule has 2 aromatic carbocycles.